The van der Waals surface area contributed by atoms with Crippen molar-refractivity contribution in [3.05, 3.63) is 112 Å². The molecule has 202 valence electrons. The van der Waals surface area contributed by atoms with Gasteiger partial charge in [-0.1, -0.05) is 36.4 Å². The molecule has 0 unspecified atom stereocenters. The number of nitrogens with zero attached hydrogens (tertiary/aromatic N) is 2. The zero-order valence-electron chi connectivity index (χ0n) is 21.4. The van der Waals surface area contributed by atoms with Crippen LogP contribution in [0.4, 0.5) is 11.4 Å². The topological polar surface area (TPSA) is 93.4 Å². The molecule has 8 nitrogen and oxygen atoms in total. The van der Waals surface area contributed by atoms with Crippen molar-refractivity contribution in [1.29, 1.82) is 0 Å². The first-order valence-electron chi connectivity index (χ1n) is 12.2. The number of nitrogens with one attached hydrogen (secondary N) is 1. The fraction of sp³-hybridized carbons (Fsp3) is 0.100. The predicted octanol–water partition coefficient (Wildman–Crippen LogP) is 6.87. The van der Waals surface area contributed by atoms with Crippen molar-refractivity contribution >= 4 is 62.1 Å². The highest BCUT2D eigenvalue weighted by Crippen LogP contribution is 2.40. The molecule has 3 aromatic carbocycles. The molecule has 0 atom stereocenters. The molecule has 4 aromatic rings. The summed E-state index contributed by atoms with van der Waals surface area (Å²) in [5.74, 6) is 0.947. The van der Waals surface area contributed by atoms with Crippen molar-refractivity contribution in [2.45, 2.75) is 6.54 Å². The summed E-state index contributed by atoms with van der Waals surface area (Å²) in [6, 6.07) is 25.8. The number of amidine groups is 1. The SMILES string of the molecule is COc1cc(/C=C2\SC(=Nc3ccccc3)N(Cc3ccco3)C2=O)cc(Br)c1OCC(=O)Nc1ccccc1. The number of aliphatic imine (C=N–C) groups is 1. The molecule has 1 saturated heterocycles. The number of hydrogen-bond donors (Lipinski definition) is 1. The smallest absolute Gasteiger partial charge is 0.267 e. The minimum Gasteiger partial charge on any atom is -0.493 e. The van der Waals surface area contributed by atoms with Crippen LogP contribution in [0.3, 0.4) is 0 Å². The van der Waals surface area contributed by atoms with Gasteiger partial charge in [-0.25, -0.2) is 4.99 Å². The summed E-state index contributed by atoms with van der Waals surface area (Å²) in [5, 5.41) is 3.33. The van der Waals surface area contributed by atoms with Gasteiger partial charge < -0.3 is 19.2 Å². The van der Waals surface area contributed by atoms with Gasteiger partial charge in [0.05, 0.1) is 35.0 Å². The zero-order valence-corrected chi connectivity index (χ0v) is 23.8. The number of para-hydroxylation sites is 2. The molecular weight excluding hydrogens is 594 g/mol. The summed E-state index contributed by atoms with van der Waals surface area (Å²) >= 11 is 4.81. The third kappa shape index (κ3) is 6.64. The maximum absolute atomic E-state index is 13.5. The fourth-order valence-corrected chi connectivity index (χ4v) is 5.45. The second-order valence-electron chi connectivity index (χ2n) is 8.55. The number of furan rings is 1. The Hall–Kier alpha value is -4.28. The van der Waals surface area contributed by atoms with Gasteiger partial charge in [-0.2, -0.15) is 0 Å². The monoisotopic (exact) mass is 617 g/mol. The van der Waals surface area contributed by atoms with Gasteiger partial charge in [0.15, 0.2) is 23.3 Å². The molecule has 0 radical (unpaired) electrons. The van der Waals surface area contributed by atoms with E-state index in [2.05, 4.69) is 21.2 Å². The molecule has 0 spiro atoms. The lowest BCUT2D eigenvalue weighted by atomic mass is 10.2. The Morgan fingerprint density at radius 3 is 2.52 bits per heavy atom. The van der Waals surface area contributed by atoms with Gasteiger partial charge in [0, 0.05) is 5.69 Å². The van der Waals surface area contributed by atoms with Gasteiger partial charge in [0.2, 0.25) is 0 Å². The summed E-state index contributed by atoms with van der Waals surface area (Å²) in [7, 11) is 1.51. The average Bonchev–Trinajstić information content (AvgIpc) is 3.57. The van der Waals surface area contributed by atoms with Crippen LogP contribution in [0.25, 0.3) is 6.08 Å². The van der Waals surface area contributed by atoms with Crippen molar-refractivity contribution < 1.29 is 23.5 Å². The fourth-order valence-electron chi connectivity index (χ4n) is 3.87. The lowest BCUT2D eigenvalue weighted by Crippen LogP contribution is -2.28. The number of benzene rings is 3. The van der Waals surface area contributed by atoms with E-state index >= 15 is 0 Å². The largest absolute Gasteiger partial charge is 0.493 e. The molecule has 40 heavy (non-hydrogen) atoms. The molecule has 2 amide bonds. The third-order valence-corrected chi connectivity index (χ3v) is 7.31. The van der Waals surface area contributed by atoms with Gasteiger partial charge in [-0.05, 0) is 87.9 Å². The van der Waals surface area contributed by atoms with E-state index in [-0.39, 0.29) is 25.0 Å². The Kier molecular flexibility index (Phi) is 8.68. The lowest BCUT2D eigenvalue weighted by Gasteiger charge is -2.14. The van der Waals surface area contributed by atoms with Gasteiger partial charge in [0.1, 0.15) is 5.76 Å². The second-order valence-corrected chi connectivity index (χ2v) is 10.4. The van der Waals surface area contributed by atoms with E-state index in [0.717, 1.165) is 5.69 Å². The molecule has 1 aliphatic heterocycles. The summed E-state index contributed by atoms with van der Waals surface area (Å²) in [6.45, 7) is 0.0480. The number of ether oxygens (including phenoxy) is 2. The Bertz CT molecular complexity index is 1560. The van der Waals surface area contributed by atoms with Crippen LogP contribution in [0.5, 0.6) is 11.5 Å². The van der Waals surface area contributed by atoms with Crippen molar-refractivity contribution in [2.24, 2.45) is 4.99 Å². The molecule has 1 fully saturated rings. The first-order valence-corrected chi connectivity index (χ1v) is 13.8. The standard InChI is InChI=1S/C30H24BrN3O5S/c1-37-25-16-20(15-24(31)28(25)39-19-27(35)32-21-9-4-2-5-10-21)17-26-29(36)34(18-23-13-8-14-38-23)30(40-26)33-22-11-6-3-7-12-22/h2-17H,18-19H2,1H3,(H,32,35)/b26-17-,33-30?. The van der Waals surface area contributed by atoms with Crippen LogP contribution in [0.2, 0.25) is 0 Å². The highest BCUT2D eigenvalue weighted by atomic mass is 79.9. The molecule has 1 N–H and O–H groups in total. The number of halogens is 1. The maximum atomic E-state index is 13.5. The van der Waals surface area contributed by atoms with Crippen molar-refractivity contribution in [3.63, 3.8) is 0 Å². The molecule has 1 aromatic heterocycles. The first-order chi connectivity index (χ1) is 19.5. The van der Waals surface area contributed by atoms with E-state index in [1.165, 1.54) is 18.9 Å². The first kappa shape index (κ1) is 27.3. The lowest BCUT2D eigenvalue weighted by molar-refractivity contribution is -0.122. The quantitative estimate of drug-likeness (QED) is 0.206. The molecule has 1 aliphatic rings. The van der Waals surface area contributed by atoms with E-state index in [9.17, 15) is 9.59 Å². The van der Waals surface area contributed by atoms with E-state index in [1.54, 1.807) is 47.6 Å². The van der Waals surface area contributed by atoms with Gasteiger partial charge in [-0.15, -0.1) is 0 Å². The average molecular weight is 619 g/mol. The Morgan fingerprint density at radius 1 is 1.07 bits per heavy atom. The molecule has 2 heterocycles. The number of carbonyl (C=O) groups is 2. The third-order valence-electron chi connectivity index (χ3n) is 5.72. The maximum Gasteiger partial charge on any atom is 0.267 e. The minimum atomic E-state index is -0.304. The molecule has 0 aliphatic carbocycles. The highest BCUT2D eigenvalue weighted by molar-refractivity contribution is 9.10. The number of anilines is 1. The minimum absolute atomic E-state index is 0.191. The van der Waals surface area contributed by atoms with E-state index < -0.39 is 0 Å². The number of rotatable bonds is 9. The Morgan fingerprint density at radius 2 is 1.82 bits per heavy atom. The van der Waals surface area contributed by atoms with Gasteiger partial charge in [0.25, 0.3) is 11.8 Å². The van der Waals surface area contributed by atoms with Crippen LogP contribution < -0.4 is 14.8 Å². The second kappa shape index (κ2) is 12.7. The van der Waals surface area contributed by atoms with Crippen LogP contribution >= 0.6 is 27.7 Å². The molecule has 10 heteroatoms. The highest BCUT2D eigenvalue weighted by Gasteiger charge is 2.34. The van der Waals surface area contributed by atoms with Crippen molar-refractivity contribution in [3.8, 4) is 11.5 Å². The van der Waals surface area contributed by atoms with Gasteiger partial charge >= 0.3 is 0 Å². The number of carbonyl (C=O) groups excluding carboxylic acids is 2. The molecule has 5 rings (SSSR count). The summed E-state index contributed by atoms with van der Waals surface area (Å²) < 4.78 is 17.4. The molecule has 0 saturated carbocycles. The van der Waals surface area contributed by atoms with Crippen LogP contribution in [0, 0.1) is 0 Å². The predicted molar refractivity (Wildman–Crippen MR) is 160 cm³/mol. The van der Waals surface area contributed by atoms with E-state index in [4.69, 9.17) is 18.9 Å². The summed E-state index contributed by atoms with van der Waals surface area (Å²) in [6.07, 6.45) is 3.35. The molecule has 0 bridgehead atoms. The van der Waals surface area contributed by atoms with Crippen molar-refractivity contribution in [2.75, 3.05) is 19.0 Å². The normalized spacial score (nSPS) is 15.1. The van der Waals surface area contributed by atoms with E-state index in [0.29, 0.717) is 43.1 Å². The van der Waals surface area contributed by atoms with Crippen LogP contribution in [-0.2, 0) is 16.1 Å². The van der Waals surface area contributed by atoms with Crippen LogP contribution in [0.1, 0.15) is 11.3 Å². The molecular formula is C30H24BrN3O5S. The number of hydrogen-bond acceptors (Lipinski definition) is 7. The summed E-state index contributed by atoms with van der Waals surface area (Å²) in [4.78, 5) is 32.6. The van der Waals surface area contributed by atoms with Gasteiger partial charge in [-0.3, -0.25) is 14.5 Å². The van der Waals surface area contributed by atoms with E-state index in [1.807, 2.05) is 54.6 Å². The van der Waals surface area contributed by atoms with Crippen LogP contribution in [0.15, 0.2) is 110 Å². The number of methoxy groups -OCH3 is 1. The summed E-state index contributed by atoms with van der Waals surface area (Å²) in [5.41, 5.74) is 2.13. The Labute approximate surface area is 243 Å². The number of amides is 2. The van der Waals surface area contributed by atoms with Crippen molar-refractivity contribution in [1.82, 2.24) is 4.90 Å². The number of thioether (sulfide) groups is 1. The Balaban J connectivity index is 1.37. The van der Waals surface area contributed by atoms with Crippen LogP contribution in [-0.4, -0.2) is 35.6 Å². The zero-order chi connectivity index (χ0) is 27.9.